The second-order valence-corrected chi connectivity index (χ2v) is 6.58. The van der Waals surface area contributed by atoms with Crippen molar-refractivity contribution in [1.82, 2.24) is 0 Å². The van der Waals surface area contributed by atoms with Crippen molar-refractivity contribution in [3.05, 3.63) is 54.1 Å². The largest absolute Gasteiger partial charge is 0.507 e. The summed E-state index contributed by atoms with van der Waals surface area (Å²) in [4.78, 5) is 4.26. The Bertz CT molecular complexity index is 770. The minimum atomic E-state index is -3.30. The number of phenolic OH excluding ortho intramolecular Hbond substituents is 1. The summed E-state index contributed by atoms with van der Waals surface area (Å²) in [5.74, 6) is 0.144. The highest BCUT2D eigenvalue weighted by atomic mass is 32.2. The molecule has 0 saturated heterocycles. The van der Waals surface area contributed by atoms with Crippen LogP contribution >= 0.6 is 0 Å². The molecular formula is C15H16N2O3S. The van der Waals surface area contributed by atoms with E-state index in [0.717, 1.165) is 6.26 Å². The maximum Gasteiger partial charge on any atom is 0.231 e. The standard InChI is InChI=1S/C15H16N2O3S/c1-17(21(2,19)20)14-8-5-7-13(10-14)16-11-12-6-3-4-9-15(12)18/h3-11,18H,1-2H3. The van der Waals surface area contributed by atoms with E-state index in [1.165, 1.54) is 17.6 Å². The van der Waals surface area contributed by atoms with Gasteiger partial charge in [0.2, 0.25) is 10.0 Å². The number of rotatable bonds is 4. The van der Waals surface area contributed by atoms with Gasteiger partial charge < -0.3 is 5.11 Å². The summed E-state index contributed by atoms with van der Waals surface area (Å²) in [6.45, 7) is 0. The van der Waals surface area contributed by atoms with Crippen molar-refractivity contribution >= 4 is 27.6 Å². The van der Waals surface area contributed by atoms with Gasteiger partial charge in [0.05, 0.1) is 17.6 Å². The Labute approximate surface area is 124 Å². The number of hydrogen-bond donors (Lipinski definition) is 1. The summed E-state index contributed by atoms with van der Waals surface area (Å²) in [6, 6.07) is 13.7. The van der Waals surface area contributed by atoms with Crippen molar-refractivity contribution in [3.8, 4) is 5.75 Å². The van der Waals surface area contributed by atoms with Crippen molar-refractivity contribution < 1.29 is 13.5 Å². The van der Waals surface area contributed by atoms with Crippen molar-refractivity contribution in [2.75, 3.05) is 17.6 Å². The van der Waals surface area contributed by atoms with Crippen LogP contribution < -0.4 is 4.31 Å². The predicted octanol–water partition coefficient (Wildman–Crippen LogP) is 2.54. The van der Waals surface area contributed by atoms with E-state index in [0.29, 0.717) is 16.9 Å². The molecule has 0 bridgehead atoms. The van der Waals surface area contributed by atoms with Crippen LogP contribution in [0.15, 0.2) is 53.5 Å². The Morgan fingerprint density at radius 3 is 2.52 bits per heavy atom. The Kier molecular flexibility index (Phi) is 4.28. The molecule has 2 rings (SSSR count). The van der Waals surface area contributed by atoms with Crippen LogP contribution in [0.5, 0.6) is 5.75 Å². The normalized spacial score (nSPS) is 11.7. The van der Waals surface area contributed by atoms with Gasteiger partial charge in [0.15, 0.2) is 0 Å². The molecule has 0 spiro atoms. The molecular weight excluding hydrogens is 288 g/mol. The SMILES string of the molecule is CN(c1cccc(N=Cc2ccccc2O)c1)S(C)(=O)=O. The number of sulfonamides is 1. The fraction of sp³-hybridized carbons (Fsp3) is 0.133. The number of aliphatic imine (C=N–C) groups is 1. The van der Waals surface area contributed by atoms with E-state index in [9.17, 15) is 13.5 Å². The Hall–Kier alpha value is -2.34. The topological polar surface area (TPSA) is 70.0 Å². The summed E-state index contributed by atoms with van der Waals surface area (Å²) < 4.78 is 24.2. The van der Waals surface area contributed by atoms with Gasteiger partial charge in [-0.15, -0.1) is 0 Å². The molecule has 0 aliphatic heterocycles. The Morgan fingerprint density at radius 1 is 1.14 bits per heavy atom. The highest BCUT2D eigenvalue weighted by molar-refractivity contribution is 7.92. The van der Waals surface area contributed by atoms with Crippen LogP contribution in [-0.2, 0) is 10.0 Å². The molecule has 110 valence electrons. The van der Waals surface area contributed by atoms with E-state index in [4.69, 9.17) is 0 Å². The van der Waals surface area contributed by atoms with E-state index in [-0.39, 0.29) is 5.75 Å². The summed E-state index contributed by atoms with van der Waals surface area (Å²) in [7, 11) is -1.82. The maximum atomic E-state index is 11.5. The van der Waals surface area contributed by atoms with Gasteiger partial charge in [-0.3, -0.25) is 9.30 Å². The lowest BCUT2D eigenvalue weighted by Crippen LogP contribution is -2.24. The van der Waals surface area contributed by atoms with Gasteiger partial charge in [0.1, 0.15) is 5.75 Å². The Morgan fingerprint density at radius 2 is 1.86 bits per heavy atom. The van der Waals surface area contributed by atoms with E-state index in [1.54, 1.807) is 48.5 Å². The first-order valence-corrected chi connectivity index (χ1v) is 8.09. The molecule has 0 saturated carbocycles. The Balaban J connectivity index is 2.29. The molecule has 0 aromatic heterocycles. The van der Waals surface area contributed by atoms with E-state index < -0.39 is 10.0 Å². The molecule has 0 radical (unpaired) electrons. The molecule has 2 aromatic rings. The molecule has 0 amide bonds. The molecule has 6 heteroatoms. The summed E-state index contributed by atoms with van der Waals surface area (Å²) in [6.07, 6.45) is 2.68. The monoisotopic (exact) mass is 304 g/mol. The van der Waals surface area contributed by atoms with Crippen molar-refractivity contribution in [1.29, 1.82) is 0 Å². The first-order valence-electron chi connectivity index (χ1n) is 6.24. The first-order chi connectivity index (χ1) is 9.88. The van der Waals surface area contributed by atoms with Crippen LogP contribution in [0.3, 0.4) is 0 Å². The van der Waals surface area contributed by atoms with Crippen molar-refractivity contribution in [2.24, 2.45) is 4.99 Å². The molecule has 1 N–H and O–H groups in total. The van der Waals surface area contributed by atoms with Gasteiger partial charge >= 0.3 is 0 Å². The third kappa shape index (κ3) is 3.82. The smallest absolute Gasteiger partial charge is 0.231 e. The number of aromatic hydroxyl groups is 1. The lowest BCUT2D eigenvalue weighted by atomic mass is 10.2. The molecule has 0 aliphatic carbocycles. The highest BCUT2D eigenvalue weighted by Gasteiger charge is 2.11. The average Bonchev–Trinajstić information content (AvgIpc) is 2.45. The fourth-order valence-electron chi connectivity index (χ4n) is 1.70. The highest BCUT2D eigenvalue weighted by Crippen LogP contribution is 2.23. The number of phenols is 1. The van der Waals surface area contributed by atoms with Crippen LogP contribution in [-0.4, -0.2) is 33.0 Å². The number of anilines is 1. The van der Waals surface area contributed by atoms with Crippen LogP contribution in [0, 0.1) is 0 Å². The van der Waals surface area contributed by atoms with E-state index >= 15 is 0 Å². The fourth-order valence-corrected chi connectivity index (χ4v) is 2.20. The summed E-state index contributed by atoms with van der Waals surface area (Å²) in [5.41, 5.74) is 1.73. The number of nitrogens with zero attached hydrogens (tertiary/aromatic N) is 2. The number of hydrogen-bond acceptors (Lipinski definition) is 4. The minimum absolute atomic E-state index is 0.144. The lowest BCUT2D eigenvalue weighted by molar-refractivity contribution is 0.474. The van der Waals surface area contributed by atoms with E-state index in [1.807, 2.05) is 0 Å². The molecule has 21 heavy (non-hydrogen) atoms. The molecule has 2 aromatic carbocycles. The maximum absolute atomic E-state index is 11.5. The van der Waals surface area contributed by atoms with Gasteiger partial charge in [-0.2, -0.15) is 0 Å². The molecule has 0 aliphatic rings. The zero-order valence-corrected chi connectivity index (χ0v) is 12.6. The average molecular weight is 304 g/mol. The zero-order chi connectivity index (χ0) is 15.5. The molecule has 0 fully saturated rings. The van der Waals surface area contributed by atoms with Crippen LogP contribution in [0.4, 0.5) is 11.4 Å². The number of para-hydroxylation sites is 1. The van der Waals surface area contributed by atoms with Gasteiger partial charge in [0, 0.05) is 18.8 Å². The van der Waals surface area contributed by atoms with Crippen molar-refractivity contribution in [3.63, 3.8) is 0 Å². The second-order valence-electron chi connectivity index (χ2n) is 4.57. The van der Waals surface area contributed by atoms with Crippen LogP contribution in [0.25, 0.3) is 0 Å². The minimum Gasteiger partial charge on any atom is -0.507 e. The molecule has 0 unspecified atom stereocenters. The second kappa shape index (κ2) is 5.97. The lowest BCUT2D eigenvalue weighted by Gasteiger charge is -2.16. The summed E-state index contributed by atoms with van der Waals surface area (Å²) >= 11 is 0. The molecule has 0 heterocycles. The van der Waals surface area contributed by atoms with Crippen LogP contribution in [0.1, 0.15) is 5.56 Å². The first kappa shape index (κ1) is 15.1. The zero-order valence-electron chi connectivity index (χ0n) is 11.8. The predicted molar refractivity (Wildman–Crippen MR) is 85.0 cm³/mol. The van der Waals surface area contributed by atoms with Gasteiger partial charge in [-0.05, 0) is 30.3 Å². The van der Waals surface area contributed by atoms with Gasteiger partial charge in [-0.1, -0.05) is 18.2 Å². The van der Waals surface area contributed by atoms with Gasteiger partial charge in [0.25, 0.3) is 0 Å². The van der Waals surface area contributed by atoms with E-state index in [2.05, 4.69) is 4.99 Å². The quantitative estimate of drug-likeness (QED) is 0.882. The van der Waals surface area contributed by atoms with Crippen molar-refractivity contribution in [2.45, 2.75) is 0 Å². The van der Waals surface area contributed by atoms with Crippen LogP contribution in [0.2, 0.25) is 0 Å². The molecule has 0 atom stereocenters. The third-order valence-electron chi connectivity index (χ3n) is 2.98. The van der Waals surface area contributed by atoms with Gasteiger partial charge in [-0.25, -0.2) is 8.42 Å². The summed E-state index contributed by atoms with van der Waals surface area (Å²) in [5, 5.41) is 9.66. The number of benzene rings is 2. The third-order valence-corrected chi connectivity index (χ3v) is 4.19. The molecule has 5 nitrogen and oxygen atoms in total.